The average molecular weight is 411 g/mol. The Morgan fingerprint density at radius 2 is 2.00 bits per heavy atom. The van der Waals surface area contributed by atoms with E-state index in [9.17, 15) is 18.4 Å². The molecule has 0 unspecified atom stereocenters. The van der Waals surface area contributed by atoms with Gasteiger partial charge in [0.25, 0.3) is 5.92 Å². The predicted octanol–water partition coefficient (Wildman–Crippen LogP) is 5.08. The molecule has 1 aliphatic rings. The van der Waals surface area contributed by atoms with Gasteiger partial charge in [0.1, 0.15) is 18.0 Å². The van der Waals surface area contributed by atoms with Gasteiger partial charge in [-0.15, -0.1) is 0 Å². The monoisotopic (exact) mass is 411 g/mol. The maximum Gasteiger partial charge on any atom is 0.278 e. The molecule has 2 heterocycles. The van der Waals surface area contributed by atoms with Crippen LogP contribution < -0.4 is 5.32 Å². The lowest BCUT2D eigenvalue weighted by Crippen LogP contribution is -2.23. The highest BCUT2D eigenvalue weighted by Gasteiger charge is 2.45. The first-order chi connectivity index (χ1) is 14.3. The topological polar surface area (TPSA) is 74.5 Å². The number of nitrogens with one attached hydrogen (secondary N) is 1. The molecule has 3 aromatic rings. The molecule has 5 nitrogen and oxygen atoms in total. The fourth-order valence-electron chi connectivity index (χ4n) is 3.40. The van der Waals surface area contributed by atoms with Crippen LogP contribution >= 0.6 is 0 Å². The van der Waals surface area contributed by atoms with Crippen molar-refractivity contribution in [3.63, 3.8) is 0 Å². The second kappa shape index (κ2) is 7.24. The Labute approximate surface area is 172 Å². The Hall–Kier alpha value is -3.21. The number of hydrogen-bond acceptors (Lipinski definition) is 5. The van der Waals surface area contributed by atoms with Crippen molar-refractivity contribution >= 4 is 16.9 Å². The first-order valence-electron chi connectivity index (χ1n) is 9.70. The van der Waals surface area contributed by atoms with Gasteiger partial charge in [-0.2, -0.15) is 5.26 Å². The Kier molecular flexibility index (Phi) is 4.85. The van der Waals surface area contributed by atoms with Gasteiger partial charge in [0.2, 0.25) is 0 Å². The van der Waals surface area contributed by atoms with E-state index in [4.69, 9.17) is 0 Å². The third-order valence-electron chi connectivity index (χ3n) is 5.61. The lowest BCUT2D eigenvalue weighted by atomic mass is 9.95. The molecule has 0 radical (unpaired) electrons. The summed E-state index contributed by atoms with van der Waals surface area (Å²) in [4.78, 5) is 12.7. The number of alkyl halides is 2. The molecule has 1 N–H and O–H groups in total. The van der Waals surface area contributed by atoms with Crippen molar-refractivity contribution in [3.8, 4) is 6.07 Å². The largest absolute Gasteiger partial charge is 0.365 e. The number of benzene rings is 1. The fraction of sp³-hybridized carbons (Fsp3) is 0.364. The number of rotatable bonds is 6. The van der Waals surface area contributed by atoms with Crippen LogP contribution in [0, 0.1) is 23.1 Å². The van der Waals surface area contributed by atoms with Gasteiger partial charge in [-0.3, -0.25) is 0 Å². The molecular weight excluding hydrogens is 391 g/mol. The van der Waals surface area contributed by atoms with Crippen molar-refractivity contribution in [2.45, 2.75) is 44.6 Å². The first kappa shape index (κ1) is 20.1. The molecule has 0 aliphatic heterocycles. The van der Waals surface area contributed by atoms with E-state index in [0.717, 1.165) is 24.5 Å². The zero-order chi connectivity index (χ0) is 21.5. The molecule has 2 aromatic heterocycles. The highest BCUT2D eigenvalue weighted by atomic mass is 19.3. The van der Waals surface area contributed by atoms with Gasteiger partial charge >= 0.3 is 0 Å². The number of aromatic nitrogens is 3. The number of pyridine rings is 1. The number of nitriles is 1. The molecule has 0 amide bonds. The Morgan fingerprint density at radius 1 is 1.23 bits per heavy atom. The van der Waals surface area contributed by atoms with E-state index < -0.39 is 28.6 Å². The van der Waals surface area contributed by atoms with Crippen molar-refractivity contribution in [2.24, 2.45) is 5.92 Å². The van der Waals surface area contributed by atoms with Crippen molar-refractivity contribution in [1.82, 2.24) is 15.0 Å². The minimum absolute atomic E-state index is 0.0341. The molecule has 8 heteroatoms. The number of halogens is 3. The molecule has 1 aromatic carbocycles. The lowest BCUT2D eigenvalue weighted by Gasteiger charge is -2.22. The number of nitrogens with zero attached hydrogens (tertiary/aromatic N) is 4. The van der Waals surface area contributed by atoms with Gasteiger partial charge in [-0.05, 0) is 24.5 Å². The summed E-state index contributed by atoms with van der Waals surface area (Å²) in [7, 11) is 0. The summed E-state index contributed by atoms with van der Waals surface area (Å²) in [5, 5.41) is 13.0. The number of hydrogen-bond donors (Lipinski definition) is 1. The van der Waals surface area contributed by atoms with E-state index in [1.807, 2.05) is 6.07 Å². The molecular formula is C22H20F3N5. The maximum absolute atomic E-state index is 14.8. The zero-order valence-corrected chi connectivity index (χ0v) is 16.6. The van der Waals surface area contributed by atoms with E-state index in [2.05, 4.69) is 26.3 Å². The van der Waals surface area contributed by atoms with Crippen LogP contribution in [0.3, 0.4) is 0 Å². The van der Waals surface area contributed by atoms with E-state index in [-0.39, 0.29) is 12.1 Å². The molecule has 4 rings (SSSR count). The van der Waals surface area contributed by atoms with Crippen LogP contribution in [0.25, 0.3) is 11.0 Å². The van der Waals surface area contributed by atoms with Crippen molar-refractivity contribution in [1.29, 1.82) is 5.26 Å². The van der Waals surface area contributed by atoms with Gasteiger partial charge in [0.15, 0.2) is 5.65 Å². The molecule has 1 fully saturated rings. The summed E-state index contributed by atoms with van der Waals surface area (Å²) in [5.41, 5.74) is 0.208. The number of anilines is 1. The highest BCUT2D eigenvalue weighted by Crippen LogP contribution is 2.48. The maximum atomic E-state index is 14.8. The summed E-state index contributed by atoms with van der Waals surface area (Å²) >= 11 is 0. The summed E-state index contributed by atoms with van der Waals surface area (Å²) < 4.78 is 43.6. The van der Waals surface area contributed by atoms with E-state index in [1.165, 1.54) is 32.3 Å². The van der Waals surface area contributed by atoms with Gasteiger partial charge in [-0.25, -0.2) is 28.1 Å². The van der Waals surface area contributed by atoms with Gasteiger partial charge < -0.3 is 5.32 Å². The molecule has 154 valence electrons. The van der Waals surface area contributed by atoms with Crippen LogP contribution in [0.15, 0.2) is 36.8 Å². The van der Waals surface area contributed by atoms with E-state index in [1.54, 1.807) is 6.20 Å². The summed E-state index contributed by atoms with van der Waals surface area (Å²) in [6.45, 7) is 2.68. The average Bonchev–Trinajstić information content (AvgIpc) is 3.53. The van der Waals surface area contributed by atoms with E-state index in [0.29, 0.717) is 16.9 Å². The van der Waals surface area contributed by atoms with Gasteiger partial charge in [-0.1, -0.05) is 32.0 Å². The van der Waals surface area contributed by atoms with Gasteiger partial charge in [0, 0.05) is 24.2 Å². The van der Waals surface area contributed by atoms with Crippen molar-refractivity contribution < 1.29 is 13.2 Å². The Balaban J connectivity index is 1.65. The summed E-state index contributed by atoms with van der Waals surface area (Å²) in [6.07, 6.45) is 4.52. The van der Waals surface area contributed by atoms with E-state index >= 15 is 0 Å². The SMILES string of the molecule is CC(C)C(F)(F)c1cccc(CNc2ncnc3ncc(C4(C#N)CC4)cc23)c1F. The van der Waals surface area contributed by atoms with Crippen LogP contribution in [0.2, 0.25) is 0 Å². The molecule has 0 atom stereocenters. The molecule has 30 heavy (non-hydrogen) atoms. The Morgan fingerprint density at radius 3 is 2.67 bits per heavy atom. The predicted molar refractivity (Wildman–Crippen MR) is 106 cm³/mol. The summed E-state index contributed by atoms with van der Waals surface area (Å²) in [5.74, 6) is -4.82. The third-order valence-corrected chi connectivity index (χ3v) is 5.61. The second-order valence-corrected chi connectivity index (χ2v) is 7.92. The fourth-order valence-corrected chi connectivity index (χ4v) is 3.40. The van der Waals surface area contributed by atoms with Crippen molar-refractivity contribution in [2.75, 3.05) is 5.32 Å². The number of fused-ring (bicyclic) bond motifs is 1. The minimum Gasteiger partial charge on any atom is -0.365 e. The second-order valence-electron chi connectivity index (χ2n) is 7.92. The van der Waals surface area contributed by atoms with Crippen LogP contribution in [-0.4, -0.2) is 15.0 Å². The standard InChI is InChI=1S/C22H20F3N5/c1-13(2)22(24,25)17-5-3-4-14(18(17)23)9-27-19-16-8-15(21(11-26)6-7-21)10-28-20(16)30-12-29-19/h3-5,8,10,12-13H,6-7,9H2,1-2H3,(H,27,28,29,30). The molecule has 0 bridgehead atoms. The third kappa shape index (κ3) is 3.34. The van der Waals surface area contributed by atoms with Crippen LogP contribution in [0.5, 0.6) is 0 Å². The smallest absolute Gasteiger partial charge is 0.278 e. The minimum atomic E-state index is -3.27. The molecule has 0 spiro atoms. The zero-order valence-electron chi connectivity index (χ0n) is 16.6. The molecule has 1 saturated carbocycles. The summed E-state index contributed by atoms with van der Waals surface area (Å²) in [6, 6.07) is 8.15. The Bertz CT molecular complexity index is 1150. The normalized spacial score (nSPS) is 15.2. The van der Waals surface area contributed by atoms with Crippen molar-refractivity contribution in [3.05, 3.63) is 59.3 Å². The molecule has 0 saturated heterocycles. The van der Waals surface area contributed by atoms with Crippen LogP contribution in [0.1, 0.15) is 43.4 Å². The highest BCUT2D eigenvalue weighted by molar-refractivity contribution is 5.87. The first-order valence-corrected chi connectivity index (χ1v) is 9.70. The lowest BCUT2D eigenvalue weighted by molar-refractivity contribution is -0.0544. The molecule has 1 aliphatic carbocycles. The van der Waals surface area contributed by atoms with Crippen LogP contribution in [-0.2, 0) is 17.9 Å². The quantitative estimate of drug-likeness (QED) is 0.612. The van der Waals surface area contributed by atoms with Gasteiger partial charge in [0.05, 0.1) is 22.4 Å². The van der Waals surface area contributed by atoms with Crippen LogP contribution in [0.4, 0.5) is 19.0 Å².